The van der Waals surface area contributed by atoms with Crippen LogP contribution in [0.2, 0.25) is 0 Å². The van der Waals surface area contributed by atoms with E-state index in [4.69, 9.17) is 9.47 Å². The maximum atomic E-state index is 13.3. The first-order valence-corrected chi connectivity index (χ1v) is 7.24. The Morgan fingerprint density at radius 3 is 3.10 bits per heavy atom. The molecule has 3 rings (SSSR count). The summed E-state index contributed by atoms with van der Waals surface area (Å²) in [4.78, 5) is 2.19. The van der Waals surface area contributed by atoms with Crippen LogP contribution in [0.25, 0.3) is 0 Å². The first-order chi connectivity index (χ1) is 10.2. The lowest BCUT2D eigenvalue weighted by molar-refractivity contribution is 0.0697. The lowest BCUT2D eigenvalue weighted by Crippen LogP contribution is -2.52. The summed E-state index contributed by atoms with van der Waals surface area (Å²) in [6.45, 7) is 2.89. The van der Waals surface area contributed by atoms with E-state index in [0.29, 0.717) is 12.4 Å². The van der Waals surface area contributed by atoms with Gasteiger partial charge in [-0.25, -0.2) is 8.78 Å². The number of halogens is 2. The molecule has 1 aromatic rings. The summed E-state index contributed by atoms with van der Waals surface area (Å²) >= 11 is 0. The van der Waals surface area contributed by atoms with Gasteiger partial charge in [0.05, 0.1) is 17.9 Å². The summed E-state index contributed by atoms with van der Waals surface area (Å²) in [6, 6.07) is 5.23. The van der Waals surface area contributed by atoms with Crippen LogP contribution in [0.15, 0.2) is 18.2 Å². The molecule has 1 saturated heterocycles. The third-order valence-electron chi connectivity index (χ3n) is 4.09. The maximum absolute atomic E-state index is 13.3. The second-order valence-corrected chi connectivity index (χ2v) is 5.48. The molecular weight excluding hydrogens is 278 g/mol. The predicted octanol–water partition coefficient (Wildman–Crippen LogP) is 2.20. The fourth-order valence-corrected chi connectivity index (χ4v) is 3.16. The number of nitrogens with zero attached hydrogens (tertiary/aromatic N) is 1. The van der Waals surface area contributed by atoms with Crippen molar-refractivity contribution in [2.24, 2.45) is 0 Å². The molecule has 2 heterocycles. The summed E-state index contributed by atoms with van der Waals surface area (Å²) in [6.07, 6.45) is -1.98. The average molecular weight is 298 g/mol. The molecule has 0 unspecified atom stereocenters. The minimum Gasteiger partial charge on any atom is -0.485 e. The number of anilines is 1. The molecule has 2 atom stereocenters. The number of piperazine rings is 1. The third-order valence-corrected chi connectivity index (χ3v) is 4.09. The minimum atomic E-state index is -2.54. The van der Waals surface area contributed by atoms with Gasteiger partial charge in [-0.2, -0.15) is 0 Å². The van der Waals surface area contributed by atoms with Gasteiger partial charge in [0.15, 0.2) is 5.75 Å². The Morgan fingerprint density at radius 1 is 1.48 bits per heavy atom. The number of nitrogens with one attached hydrogen (secondary N) is 1. The molecule has 0 aliphatic carbocycles. The van der Waals surface area contributed by atoms with Gasteiger partial charge in [0.2, 0.25) is 0 Å². The normalized spacial score (nSPS) is 25.0. The third kappa shape index (κ3) is 2.82. The molecule has 6 heteroatoms. The second kappa shape index (κ2) is 6.15. The van der Waals surface area contributed by atoms with Crippen molar-refractivity contribution in [2.45, 2.75) is 25.0 Å². The Kier molecular flexibility index (Phi) is 4.26. The lowest BCUT2D eigenvalue weighted by Gasteiger charge is -2.37. The number of hydrogen-bond acceptors (Lipinski definition) is 4. The zero-order valence-corrected chi connectivity index (χ0v) is 12.0. The van der Waals surface area contributed by atoms with E-state index in [9.17, 15) is 8.78 Å². The Labute approximate surface area is 123 Å². The van der Waals surface area contributed by atoms with Crippen molar-refractivity contribution in [1.82, 2.24) is 5.32 Å². The quantitative estimate of drug-likeness (QED) is 0.927. The summed E-state index contributed by atoms with van der Waals surface area (Å²) in [5.74, 6) is 0.318. The van der Waals surface area contributed by atoms with Crippen LogP contribution in [-0.2, 0) is 4.74 Å². The molecule has 0 spiro atoms. The van der Waals surface area contributed by atoms with Crippen molar-refractivity contribution in [3.63, 3.8) is 0 Å². The summed E-state index contributed by atoms with van der Waals surface area (Å²) in [7, 11) is 1.60. The van der Waals surface area contributed by atoms with Crippen molar-refractivity contribution in [3.05, 3.63) is 23.8 Å². The lowest BCUT2D eigenvalue weighted by atomic mass is 10.1. The van der Waals surface area contributed by atoms with Gasteiger partial charge in [0, 0.05) is 39.2 Å². The number of hydrogen-bond donors (Lipinski definition) is 1. The molecule has 21 heavy (non-hydrogen) atoms. The van der Waals surface area contributed by atoms with Gasteiger partial charge in [0.25, 0.3) is 6.43 Å². The maximum Gasteiger partial charge on any atom is 0.267 e. The monoisotopic (exact) mass is 298 g/mol. The SMILES string of the molecule is COC[C@@H]1C[C@@H]2CNCCN2c2cccc(C(F)F)c2O1. The van der Waals surface area contributed by atoms with E-state index < -0.39 is 6.43 Å². The van der Waals surface area contributed by atoms with E-state index in [2.05, 4.69) is 10.2 Å². The summed E-state index contributed by atoms with van der Waals surface area (Å²) in [5, 5.41) is 3.36. The number of methoxy groups -OCH3 is 1. The van der Waals surface area contributed by atoms with Gasteiger partial charge >= 0.3 is 0 Å². The van der Waals surface area contributed by atoms with Crippen LogP contribution in [-0.4, -0.2) is 45.5 Å². The second-order valence-electron chi connectivity index (χ2n) is 5.48. The van der Waals surface area contributed by atoms with Crippen LogP contribution >= 0.6 is 0 Å². The molecule has 4 nitrogen and oxygen atoms in total. The van der Waals surface area contributed by atoms with Gasteiger partial charge in [-0.1, -0.05) is 6.07 Å². The molecule has 0 aromatic heterocycles. The van der Waals surface area contributed by atoms with Crippen LogP contribution in [0.3, 0.4) is 0 Å². The van der Waals surface area contributed by atoms with Crippen LogP contribution in [0, 0.1) is 0 Å². The van der Waals surface area contributed by atoms with E-state index in [1.807, 2.05) is 6.07 Å². The molecule has 2 aliphatic rings. The highest BCUT2D eigenvalue weighted by molar-refractivity contribution is 5.64. The molecule has 116 valence electrons. The molecule has 1 N–H and O–H groups in total. The predicted molar refractivity (Wildman–Crippen MR) is 76.3 cm³/mol. The smallest absolute Gasteiger partial charge is 0.267 e. The fraction of sp³-hybridized carbons (Fsp3) is 0.600. The molecule has 2 aliphatic heterocycles. The van der Waals surface area contributed by atoms with Gasteiger partial charge < -0.3 is 19.7 Å². The Balaban J connectivity index is 2.03. The van der Waals surface area contributed by atoms with Gasteiger partial charge in [0.1, 0.15) is 6.10 Å². The highest BCUT2D eigenvalue weighted by Gasteiger charge is 2.34. The average Bonchev–Trinajstić information content (AvgIpc) is 2.63. The van der Waals surface area contributed by atoms with Crippen LogP contribution in [0.1, 0.15) is 18.4 Å². The highest BCUT2D eigenvalue weighted by Crippen LogP contribution is 2.41. The molecule has 1 aromatic carbocycles. The van der Waals surface area contributed by atoms with Gasteiger partial charge in [-0.15, -0.1) is 0 Å². The number of alkyl halides is 2. The summed E-state index contributed by atoms with van der Waals surface area (Å²) in [5.41, 5.74) is 0.741. The Morgan fingerprint density at radius 2 is 2.33 bits per heavy atom. The van der Waals surface area contributed by atoms with E-state index >= 15 is 0 Å². The number of para-hydroxylation sites is 1. The number of benzene rings is 1. The zero-order chi connectivity index (χ0) is 14.8. The molecule has 0 radical (unpaired) electrons. The molecular formula is C15H20F2N2O2. The Hall–Kier alpha value is -1.40. The highest BCUT2D eigenvalue weighted by atomic mass is 19.3. The Bertz CT molecular complexity index is 499. The van der Waals surface area contributed by atoms with Gasteiger partial charge in [-0.3, -0.25) is 0 Å². The van der Waals surface area contributed by atoms with Crippen molar-refractivity contribution < 1.29 is 18.3 Å². The minimum absolute atomic E-state index is 0.0345. The van der Waals surface area contributed by atoms with E-state index in [0.717, 1.165) is 31.7 Å². The van der Waals surface area contributed by atoms with Crippen molar-refractivity contribution >= 4 is 5.69 Å². The van der Waals surface area contributed by atoms with Crippen molar-refractivity contribution in [3.8, 4) is 5.75 Å². The standard InChI is InChI=1S/C15H20F2N2O2/c1-20-9-11-7-10-8-18-5-6-19(10)13-4-2-3-12(15(16)17)14(13)21-11/h2-4,10-11,15,18H,5-9H2,1H3/t10-,11+/m1/s1. The van der Waals surface area contributed by atoms with E-state index in [1.54, 1.807) is 13.2 Å². The van der Waals surface area contributed by atoms with Gasteiger partial charge in [-0.05, 0) is 12.1 Å². The van der Waals surface area contributed by atoms with E-state index in [-0.39, 0.29) is 17.7 Å². The van der Waals surface area contributed by atoms with Crippen molar-refractivity contribution in [1.29, 1.82) is 0 Å². The largest absolute Gasteiger partial charge is 0.485 e. The number of fused-ring (bicyclic) bond motifs is 3. The number of rotatable bonds is 3. The molecule has 1 fully saturated rings. The van der Waals surface area contributed by atoms with Crippen LogP contribution < -0.4 is 15.0 Å². The molecule has 0 saturated carbocycles. The van der Waals surface area contributed by atoms with Crippen LogP contribution in [0.4, 0.5) is 14.5 Å². The fourth-order valence-electron chi connectivity index (χ4n) is 3.16. The zero-order valence-electron chi connectivity index (χ0n) is 12.0. The first kappa shape index (κ1) is 14.5. The van der Waals surface area contributed by atoms with Crippen molar-refractivity contribution in [2.75, 3.05) is 38.3 Å². The first-order valence-electron chi connectivity index (χ1n) is 7.24. The molecule has 0 bridgehead atoms. The molecule has 0 amide bonds. The van der Waals surface area contributed by atoms with E-state index in [1.165, 1.54) is 6.07 Å². The number of ether oxygens (including phenoxy) is 2. The topological polar surface area (TPSA) is 33.7 Å². The van der Waals surface area contributed by atoms with Crippen LogP contribution in [0.5, 0.6) is 5.75 Å². The summed E-state index contributed by atoms with van der Waals surface area (Å²) < 4.78 is 37.7.